The maximum absolute atomic E-state index is 12.9. The summed E-state index contributed by atoms with van der Waals surface area (Å²) in [5, 5.41) is 6.67. The Labute approximate surface area is 179 Å². The second-order valence-corrected chi connectivity index (χ2v) is 8.66. The van der Waals surface area contributed by atoms with Crippen molar-refractivity contribution in [1.82, 2.24) is 19.7 Å². The zero-order valence-electron chi connectivity index (χ0n) is 16.3. The molecule has 0 unspecified atom stereocenters. The lowest BCUT2D eigenvalue weighted by molar-refractivity contribution is 0.355. The molecule has 0 atom stereocenters. The summed E-state index contributed by atoms with van der Waals surface area (Å²) in [6, 6.07) is 7.57. The molecule has 1 aliphatic carbocycles. The van der Waals surface area contributed by atoms with Crippen LogP contribution in [0.2, 0.25) is 0 Å². The number of aromatic nitrogens is 4. The third-order valence-electron chi connectivity index (χ3n) is 4.83. The molecule has 4 aromatic rings. The first kappa shape index (κ1) is 19.1. The van der Waals surface area contributed by atoms with Gasteiger partial charge in [0.25, 0.3) is 5.56 Å². The number of fused-ring (bicyclic) bond motifs is 1. The third kappa shape index (κ3) is 3.46. The fourth-order valence-corrected chi connectivity index (χ4v) is 4.86. The van der Waals surface area contributed by atoms with Crippen molar-refractivity contribution in [2.45, 2.75) is 29.8 Å². The van der Waals surface area contributed by atoms with Crippen molar-refractivity contribution in [3.63, 3.8) is 0 Å². The van der Waals surface area contributed by atoms with Gasteiger partial charge in [-0.1, -0.05) is 16.9 Å². The van der Waals surface area contributed by atoms with Crippen molar-refractivity contribution in [2.24, 2.45) is 0 Å². The minimum atomic E-state index is 0.0385. The highest BCUT2D eigenvalue weighted by atomic mass is 32.2. The normalized spacial score (nSPS) is 13.7. The predicted octanol–water partition coefficient (Wildman–Crippen LogP) is 4.15. The van der Waals surface area contributed by atoms with E-state index in [4.69, 9.17) is 19.0 Å². The van der Waals surface area contributed by atoms with Gasteiger partial charge in [-0.25, -0.2) is 4.98 Å². The van der Waals surface area contributed by atoms with Crippen molar-refractivity contribution in [2.75, 3.05) is 14.2 Å². The number of thioether (sulfide) groups is 1. The molecular weight excluding hydrogens is 424 g/mol. The molecule has 10 heteroatoms. The van der Waals surface area contributed by atoms with Crippen molar-refractivity contribution in [1.29, 1.82) is 0 Å². The molecule has 0 amide bonds. The molecule has 3 aromatic heterocycles. The van der Waals surface area contributed by atoms with Crippen LogP contribution in [0.5, 0.6) is 11.5 Å². The summed E-state index contributed by atoms with van der Waals surface area (Å²) in [7, 11) is 3.17. The van der Waals surface area contributed by atoms with Gasteiger partial charge in [0, 0.05) is 11.6 Å². The summed E-state index contributed by atoms with van der Waals surface area (Å²) in [4.78, 5) is 22.0. The molecular formula is C20H18N4O4S2. The standard InChI is InChI=1S/C20H18N4O4S2/c1-26-14-6-3-11(9-15(14)27-2)18-22-16(28-23-18)10-30-20-21-13-7-8-29-17(13)19(25)24(20)12-4-5-12/h3,6-9,12H,4-5,10H2,1-2H3. The summed E-state index contributed by atoms with van der Waals surface area (Å²) < 4.78 is 18.5. The largest absolute Gasteiger partial charge is 0.493 e. The first-order valence-electron chi connectivity index (χ1n) is 9.35. The molecule has 1 aromatic carbocycles. The molecule has 5 rings (SSSR count). The van der Waals surface area contributed by atoms with E-state index >= 15 is 0 Å². The van der Waals surface area contributed by atoms with E-state index in [1.165, 1.54) is 23.1 Å². The predicted molar refractivity (Wildman–Crippen MR) is 115 cm³/mol. The van der Waals surface area contributed by atoms with Crippen LogP contribution < -0.4 is 15.0 Å². The number of nitrogens with zero attached hydrogens (tertiary/aromatic N) is 4. The van der Waals surface area contributed by atoms with Crippen molar-refractivity contribution in [3.8, 4) is 22.9 Å². The number of thiophene rings is 1. The number of hydrogen-bond donors (Lipinski definition) is 0. The summed E-state index contributed by atoms with van der Waals surface area (Å²) >= 11 is 2.88. The van der Waals surface area contributed by atoms with Crippen molar-refractivity contribution >= 4 is 33.3 Å². The van der Waals surface area contributed by atoms with Crippen LogP contribution in [0.4, 0.5) is 0 Å². The Kier molecular flexibility index (Phi) is 4.95. The molecule has 30 heavy (non-hydrogen) atoms. The van der Waals surface area contributed by atoms with E-state index in [1.54, 1.807) is 26.4 Å². The molecule has 8 nitrogen and oxygen atoms in total. The van der Waals surface area contributed by atoms with Crippen LogP contribution in [0.1, 0.15) is 24.8 Å². The number of ether oxygens (including phenoxy) is 2. The van der Waals surface area contributed by atoms with Crippen LogP contribution in [0.3, 0.4) is 0 Å². The molecule has 0 radical (unpaired) electrons. The fourth-order valence-electron chi connectivity index (χ4n) is 3.19. The highest BCUT2D eigenvalue weighted by Gasteiger charge is 2.29. The van der Waals surface area contributed by atoms with Crippen LogP contribution in [0.25, 0.3) is 21.6 Å². The van der Waals surface area contributed by atoms with Gasteiger partial charge in [-0.2, -0.15) is 4.98 Å². The SMILES string of the molecule is COc1ccc(-c2noc(CSc3nc4ccsc4c(=O)n3C3CC3)n2)cc1OC. The van der Waals surface area contributed by atoms with E-state index in [9.17, 15) is 4.79 Å². The minimum Gasteiger partial charge on any atom is -0.493 e. The first-order chi connectivity index (χ1) is 14.7. The number of rotatable bonds is 7. The highest BCUT2D eigenvalue weighted by Crippen LogP contribution is 2.38. The van der Waals surface area contributed by atoms with Crippen LogP contribution in [0, 0.1) is 0 Å². The first-order valence-corrected chi connectivity index (χ1v) is 11.2. The van der Waals surface area contributed by atoms with E-state index in [-0.39, 0.29) is 11.6 Å². The van der Waals surface area contributed by atoms with E-state index in [2.05, 4.69) is 10.1 Å². The maximum atomic E-state index is 12.9. The zero-order valence-corrected chi connectivity index (χ0v) is 18.0. The quantitative estimate of drug-likeness (QED) is 0.311. The summed E-state index contributed by atoms with van der Waals surface area (Å²) in [5.41, 5.74) is 1.54. The Hall–Kier alpha value is -2.85. The van der Waals surface area contributed by atoms with Gasteiger partial charge in [0.1, 0.15) is 4.70 Å². The van der Waals surface area contributed by atoms with Crippen LogP contribution in [-0.2, 0) is 5.75 Å². The Morgan fingerprint density at radius 1 is 1.20 bits per heavy atom. The Bertz CT molecular complexity index is 1280. The van der Waals surface area contributed by atoms with Gasteiger partial charge in [-0.05, 0) is 42.5 Å². The molecule has 0 bridgehead atoms. The second kappa shape index (κ2) is 7.77. The van der Waals surface area contributed by atoms with Crippen LogP contribution >= 0.6 is 23.1 Å². The lowest BCUT2D eigenvalue weighted by Gasteiger charge is -2.09. The lowest BCUT2D eigenvalue weighted by Crippen LogP contribution is -2.21. The average molecular weight is 443 g/mol. The number of methoxy groups -OCH3 is 2. The van der Waals surface area contributed by atoms with Gasteiger partial charge in [0.2, 0.25) is 11.7 Å². The van der Waals surface area contributed by atoms with Gasteiger partial charge >= 0.3 is 0 Å². The van der Waals surface area contributed by atoms with E-state index in [1.807, 2.05) is 22.1 Å². The number of hydrogen-bond acceptors (Lipinski definition) is 9. The molecule has 0 N–H and O–H groups in total. The molecule has 1 fully saturated rings. The average Bonchev–Trinajstić information content (AvgIpc) is 3.29. The van der Waals surface area contributed by atoms with Crippen LogP contribution in [-0.4, -0.2) is 33.9 Å². The molecule has 0 aliphatic heterocycles. The second-order valence-electron chi connectivity index (χ2n) is 6.81. The third-order valence-corrected chi connectivity index (χ3v) is 6.66. The highest BCUT2D eigenvalue weighted by molar-refractivity contribution is 7.98. The van der Waals surface area contributed by atoms with Gasteiger partial charge in [-0.15, -0.1) is 11.3 Å². The molecule has 1 aliphatic rings. The van der Waals surface area contributed by atoms with Crippen molar-refractivity contribution < 1.29 is 14.0 Å². The van der Waals surface area contributed by atoms with Crippen molar-refractivity contribution in [3.05, 3.63) is 45.9 Å². The Morgan fingerprint density at radius 3 is 2.80 bits per heavy atom. The summed E-state index contributed by atoms with van der Waals surface area (Å²) in [6.45, 7) is 0. The van der Waals surface area contributed by atoms with Crippen LogP contribution in [0.15, 0.2) is 44.1 Å². The maximum Gasteiger partial charge on any atom is 0.272 e. The van der Waals surface area contributed by atoms with Gasteiger partial charge in [0.05, 0.1) is 25.5 Å². The Balaban J connectivity index is 1.39. The number of benzene rings is 1. The molecule has 3 heterocycles. The Morgan fingerprint density at radius 2 is 2.03 bits per heavy atom. The lowest BCUT2D eigenvalue weighted by atomic mass is 10.2. The summed E-state index contributed by atoms with van der Waals surface area (Å²) in [5.74, 6) is 2.58. The fraction of sp³-hybridized carbons (Fsp3) is 0.300. The minimum absolute atomic E-state index is 0.0385. The molecule has 0 saturated heterocycles. The topological polar surface area (TPSA) is 92.3 Å². The molecule has 1 saturated carbocycles. The van der Waals surface area contributed by atoms with E-state index in [0.29, 0.717) is 38.8 Å². The van der Waals surface area contributed by atoms with E-state index in [0.717, 1.165) is 23.9 Å². The van der Waals surface area contributed by atoms with Gasteiger partial charge in [-0.3, -0.25) is 9.36 Å². The van der Waals surface area contributed by atoms with Gasteiger partial charge in [0.15, 0.2) is 16.7 Å². The smallest absolute Gasteiger partial charge is 0.272 e. The molecule has 154 valence electrons. The monoisotopic (exact) mass is 442 g/mol. The molecule has 0 spiro atoms. The zero-order chi connectivity index (χ0) is 20.7. The van der Waals surface area contributed by atoms with Gasteiger partial charge < -0.3 is 14.0 Å². The van der Waals surface area contributed by atoms with E-state index < -0.39 is 0 Å². The summed E-state index contributed by atoms with van der Waals surface area (Å²) in [6.07, 6.45) is 2.02.